The van der Waals surface area contributed by atoms with Gasteiger partial charge in [-0.15, -0.1) is 0 Å². The molecule has 178 valence electrons. The third-order valence-corrected chi connectivity index (χ3v) is 6.66. The molecule has 0 bridgehead atoms. The van der Waals surface area contributed by atoms with Gasteiger partial charge in [-0.05, 0) is 70.4 Å². The van der Waals surface area contributed by atoms with Crippen LogP contribution in [0, 0.1) is 6.92 Å². The predicted octanol–water partition coefficient (Wildman–Crippen LogP) is 5.03. The van der Waals surface area contributed by atoms with Gasteiger partial charge in [-0.25, -0.2) is 4.68 Å². The lowest BCUT2D eigenvalue weighted by Crippen LogP contribution is -2.41. The molecule has 0 unspecified atom stereocenters. The molecule has 1 aliphatic heterocycles. The zero-order valence-electron chi connectivity index (χ0n) is 21.4. The molecule has 6 nitrogen and oxygen atoms in total. The van der Waals surface area contributed by atoms with E-state index in [1.54, 1.807) is 4.68 Å². The summed E-state index contributed by atoms with van der Waals surface area (Å²) < 4.78 is 14.1. The fourth-order valence-corrected chi connectivity index (χ4v) is 3.73. The van der Waals surface area contributed by atoms with Crippen LogP contribution in [0.1, 0.15) is 70.2 Å². The van der Waals surface area contributed by atoms with Gasteiger partial charge in [0.05, 0.1) is 22.6 Å². The van der Waals surface area contributed by atoms with E-state index in [0.29, 0.717) is 11.4 Å². The van der Waals surface area contributed by atoms with E-state index in [4.69, 9.17) is 14.4 Å². The maximum atomic E-state index is 13.4. The van der Waals surface area contributed by atoms with Crippen molar-refractivity contribution < 1.29 is 14.1 Å². The van der Waals surface area contributed by atoms with Gasteiger partial charge in [0.15, 0.2) is 0 Å². The molecule has 4 rings (SSSR count). The summed E-state index contributed by atoms with van der Waals surface area (Å²) in [7, 11) is -0.493. The molecule has 0 spiro atoms. The highest BCUT2D eigenvalue weighted by Crippen LogP contribution is 2.36. The number of amides is 1. The lowest BCUT2D eigenvalue weighted by molar-refractivity contribution is 0.00578. The second kappa shape index (κ2) is 8.40. The molecule has 3 aromatic rings. The summed E-state index contributed by atoms with van der Waals surface area (Å²) in [6.45, 7) is 16.4. The first-order valence-electron chi connectivity index (χ1n) is 11.7. The van der Waals surface area contributed by atoms with Gasteiger partial charge in [0.1, 0.15) is 5.69 Å². The van der Waals surface area contributed by atoms with Crippen LogP contribution in [0.15, 0.2) is 54.6 Å². The van der Waals surface area contributed by atoms with Gasteiger partial charge in [0, 0.05) is 11.1 Å². The van der Waals surface area contributed by atoms with Crippen molar-refractivity contribution in [2.45, 2.75) is 72.0 Å². The number of aryl methyl sites for hydroxylation is 1. The number of nitrogens with one attached hydrogen (secondary N) is 1. The zero-order chi connectivity index (χ0) is 24.9. The average molecular weight is 459 g/mol. The smallest absolute Gasteiger partial charge is 0.399 e. The number of rotatable bonds is 4. The van der Waals surface area contributed by atoms with Crippen molar-refractivity contribution >= 4 is 24.2 Å². The van der Waals surface area contributed by atoms with Crippen LogP contribution in [0.5, 0.6) is 0 Å². The van der Waals surface area contributed by atoms with E-state index in [0.717, 1.165) is 22.4 Å². The third-order valence-electron chi connectivity index (χ3n) is 6.66. The van der Waals surface area contributed by atoms with Gasteiger partial charge in [-0.2, -0.15) is 5.10 Å². The van der Waals surface area contributed by atoms with Crippen LogP contribution < -0.4 is 10.8 Å². The highest BCUT2D eigenvalue weighted by Gasteiger charge is 2.51. The van der Waals surface area contributed by atoms with Crippen molar-refractivity contribution in [3.8, 4) is 5.69 Å². The Kier molecular flexibility index (Phi) is 5.99. The quantitative estimate of drug-likeness (QED) is 0.556. The summed E-state index contributed by atoms with van der Waals surface area (Å²) in [6, 6.07) is 17.5. The van der Waals surface area contributed by atoms with E-state index >= 15 is 0 Å². The molecular weight excluding hydrogens is 425 g/mol. The van der Waals surface area contributed by atoms with Crippen molar-refractivity contribution in [1.82, 2.24) is 9.78 Å². The number of anilines is 1. The number of nitrogens with zero attached hydrogens (tertiary/aromatic N) is 2. The summed E-state index contributed by atoms with van der Waals surface area (Å²) in [6.07, 6.45) is 0. The lowest BCUT2D eigenvalue weighted by atomic mass is 9.79. The first-order valence-corrected chi connectivity index (χ1v) is 11.7. The van der Waals surface area contributed by atoms with Crippen molar-refractivity contribution in [2.75, 3.05) is 5.32 Å². The van der Waals surface area contributed by atoms with E-state index in [1.165, 1.54) is 0 Å². The molecule has 0 saturated carbocycles. The minimum atomic E-state index is -0.493. The van der Waals surface area contributed by atoms with Crippen LogP contribution >= 0.6 is 0 Å². The number of carbonyl (C=O) groups is 1. The molecule has 2 aromatic carbocycles. The highest BCUT2D eigenvalue weighted by atomic mass is 16.7. The standard InChI is InChI=1S/C27H34BN3O3/c1-18-12-14-21(15-13-18)31-22(17-23(30-31)25(2,3)4)24(32)29-20-11-9-10-19(16-20)28-33-26(5,6)27(7,8)34-28/h9-17H,1-8H3,(H,29,32). The van der Waals surface area contributed by atoms with Crippen molar-refractivity contribution in [1.29, 1.82) is 0 Å². The van der Waals surface area contributed by atoms with E-state index in [9.17, 15) is 4.79 Å². The Morgan fingerprint density at radius 1 is 0.971 bits per heavy atom. The summed E-state index contributed by atoms with van der Waals surface area (Å²) >= 11 is 0. The number of aromatic nitrogens is 2. The second-order valence-corrected chi connectivity index (χ2v) is 11.1. The van der Waals surface area contributed by atoms with E-state index in [2.05, 4.69) is 26.1 Å². The largest absolute Gasteiger partial charge is 0.494 e. The van der Waals surface area contributed by atoms with Crippen LogP contribution in [0.2, 0.25) is 0 Å². The molecule has 1 aliphatic rings. The second-order valence-electron chi connectivity index (χ2n) is 11.1. The van der Waals surface area contributed by atoms with Crippen molar-refractivity contribution in [2.24, 2.45) is 0 Å². The molecular formula is C27H34BN3O3. The third kappa shape index (κ3) is 4.68. The Balaban J connectivity index is 1.63. The van der Waals surface area contributed by atoms with Crippen LogP contribution in [0.25, 0.3) is 5.69 Å². The van der Waals surface area contributed by atoms with E-state index < -0.39 is 18.3 Å². The van der Waals surface area contributed by atoms with Crippen LogP contribution in [0.3, 0.4) is 0 Å². The average Bonchev–Trinajstić information content (AvgIpc) is 3.28. The fraction of sp³-hybridized carbons (Fsp3) is 0.407. The van der Waals surface area contributed by atoms with Crippen LogP contribution in [-0.4, -0.2) is 34.0 Å². The summed E-state index contributed by atoms with van der Waals surface area (Å²) in [5.41, 5.74) is 3.81. The molecule has 1 N–H and O–H groups in total. The fourth-order valence-electron chi connectivity index (χ4n) is 3.73. The maximum absolute atomic E-state index is 13.4. The summed E-state index contributed by atoms with van der Waals surface area (Å²) in [5, 5.41) is 7.81. The molecule has 7 heteroatoms. The number of hydrogen-bond donors (Lipinski definition) is 1. The Morgan fingerprint density at radius 2 is 1.59 bits per heavy atom. The number of benzene rings is 2. The number of carbonyl (C=O) groups excluding carboxylic acids is 1. The zero-order valence-corrected chi connectivity index (χ0v) is 21.4. The van der Waals surface area contributed by atoms with Crippen LogP contribution in [-0.2, 0) is 14.7 Å². The van der Waals surface area contributed by atoms with Crippen molar-refractivity contribution in [3.05, 3.63) is 71.5 Å². The molecule has 1 aromatic heterocycles. The Bertz CT molecular complexity index is 1190. The first kappa shape index (κ1) is 24.2. The molecule has 0 aliphatic carbocycles. The Morgan fingerprint density at radius 3 is 2.18 bits per heavy atom. The van der Waals surface area contributed by atoms with Gasteiger partial charge in [0.25, 0.3) is 5.91 Å². The predicted molar refractivity (Wildman–Crippen MR) is 137 cm³/mol. The topological polar surface area (TPSA) is 65.4 Å². The molecule has 1 saturated heterocycles. The molecule has 1 fully saturated rings. The number of hydrogen-bond acceptors (Lipinski definition) is 4. The molecule has 1 amide bonds. The first-order chi connectivity index (χ1) is 15.8. The van der Waals surface area contributed by atoms with E-state index in [1.807, 2.05) is 89.2 Å². The lowest BCUT2D eigenvalue weighted by Gasteiger charge is -2.32. The summed E-state index contributed by atoms with van der Waals surface area (Å²) in [5.74, 6) is -0.227. The highest BCUT2D eigenvalue weighted by molar-refractivity contribution is 6.62. The van der Waals surface area contributed by atoms with Crippen molar-refractivity contribution in [3.63, 3.8) is 0 Å². The van der Waals surface area contributed by atoms with Crippen LogP contribution in [0.4, 0.5) is 5.69 Å². The monoisotopic (exact) mass is 459 g/mol. The normalized spacial score (nSPS) is 17.1. The minimum absolute atomic E-state index is 0.193. The maximum Gasteiger partial charge on any atom is 0.494 e. The van der Waals surface area contributed by atoms with Gasteiger partial charge in [-0.1, -0.05) is 50.6 Å². The molecule has 0 atom stereocenters. The Labute approximate surface area is 202 Å². The Hall–Kier alpha value is -2.90. The van der Waals surface area contributed by atoms with Gasteiger partial charge >= 0.3 is 7.12 Å². The molecule has 0 radical (unpaired) electrons. The van der Waals surface area contributed by atoms with Gasteiger partial charge in [0.2, 0.25) is 0 Å². The van der Waals surface area contributed by atoms with Gasteiger partial charge < -0.3 is 14.6 Å². The van der Waals surface area contributed by atoms with Gasteiger partial charge in [-0.3, -0.25) is 4.79 Å². The van der Waals surface area contributed by atoms with E-state index in [-0.39, 0.29) is 11.3 Å². The molecule has 34 heavy (non-hydrogen) atoms. The minimum Gasteiger partial charge on any atom is -0.399 e. The summed E-state index contributed by atoms with van der Waals surface area (Å²) in [4.78, 5) is 13.4. The SMILES string of the molecule is Cc1ccc(-n2nc(C(C)(C)C)cc2C(=O)Nc2cccc(B3OC(C)(C)C(C)(C)O3)c2)cc1. The molecule has 2 heterocycles.